The summed E-state index contributed by atoms with van der Waals surface area (Å²) in [5.41, 5.74) is 1.25. The number of ether oxygens (including phenoxy) is 2. The summed E-state index contributed by atoms with van der Waals surface area (Å²) in [6.45, 7) is 7.08. The van der Waals surface area contributed by atoms with E-state index in [-0.39, 0.29) is 33.8 Å². The molecule has 0 fully saturated rings. The van der Waals surface area contributed by atoms with E-state index in [1.54, 1.807) is 20.8 Å². The summed E-state index contributed by atoms with van der Waals surface area (Å²) in [6, 6.07) is 4.18. The van der Waals surface area contributed by atoms with Crippen molar-refractivity contribution in [2.45, 2.75) is 52.6 Å². The first kappa shape index (κ1) is 24.0. The average Bonchev–Trinajstić information content (AvgIpc) is 2.72. The highest BCUT2D eigenvalue weighted by Crippen LogP contribution is 2.47. The van der Waals surface area contributed by atoms with Gasteiger partial charge in [-0.1, -0.05) is 31.5 Å². The van der Waals surface area contributed by atoms with Gasteiger partial charge in [0.15, 0.2) is 5.78 Å². The average molecular weight is 464 g/mol. The maximum absolute atomic E-state index is 15.1. The number of methoxy groups -OCH3 is 1. The molecule has 2 aliphatic rings. The molecule has 8 heteroatoms. The van der Waals surface area contributed by atoms with Gasteiger partial charge < -0.3 is 14.8 Å². The van der Waals surface area contributed by atoms with Crippen LogP contribution in [0.4, 0.5) is 4.39 Å². The molecule has 1 aromatic rings. The molecule has 4 atom stereocenters. The van der Waals surface area contributed by atoms with Crippen molar-refractivity contribution in [3.8, 4) is 0 Å². The van der Waals surface area contributed by atoms with Crippen molar-refractivity contribution in [3.05, 3.63) is 57.1 Å². The quantitative estimate of drug-likeness (QED) is 0.513. The number of rotatable bonds is 5. The maximum Gasteiger partial charge on any atom is 0.337 e. The van der Waals surface area contributed by atoms with E-state index in [2.05, 4.69) is 5.32 Å². The van der Waals surface area contributed by atoms with Gasteiger partial charge in [-0.15, -0.1) is 0 Å². The summed E-state index contributed by atoms with van der Waals surface area (Å²) in [6.07, 6.45) is 0.569. The first-order valence-corrected chi connectivity index (χ1v) is 11.0. The predicted molar refractivity (Wildman–Crippen MR) is 117 cm³/mol. The zero-order chi connectivity index (χ0) is 23.7. The molecular weight excluding hydrogens is 437 g/mol. The second-order valence-electron chi connectivity index (χ2n) is 8.29. The van der Waals surface area contributed by atoms with E-state index in [0.29, 0.717) is 24.2 Å². The standard InChI is InChI=1S/C24H27ClFNO5/c1-6-12(3)32-24(30)18-13(4)27-16-10-11(2)17(23(29)31-5)22(28)20(16)21(18)19-14(25)8-7-9-15(19)26/h7-9,11-12,17,21,27H,6,10H2,1-5H3/t11-,12+,17-,21+/m1/s1. The SMILES string of the molecule is CC[C@H](C)OC(=O)C1=C(C)NC2=C(C(=O)[C@H](C(=O)OC)[C@H](C)C2)[C@@H]1c1c(F)cccc1Cl. The van der Waals surface area contributed by atoms with E-state index in [4.69, 9.17) is 21.1 Å². The molecule has 0 unspecified atom stereocenters. The van der Waals surface area contributed by atoms with Gasteiger partial charge in [-0.3, -0.25) is 9.59 Å². The number of hydrogen-bond acceptors (Lipinski definition) is 6. The highest BCUT2D eigenvalue weighted by atomic mass is 35.5. The molecule has 1 aromatic carbocycles. The van der Waals surface area contributed by atoms with Crippen LogP contribution in [0.5, 0.6) is 0 Å². The van der Waals surface area contributed by atoms with E-state index < -0.39 is 35.4 Å². The Bertz CT molecular complexity index is 1010. The number of ketones is 1. The Morgan fingerprint density at radius 2 is 2.03 bits per heavy atom. The Hall–Kier alpha value is -2.67. The molecule has 0 saturated heterocycles. The molecule has 0 spiro atoms. The first-order chi connectivity index (χ1) is 15.1. The van der Waals surface area contributed by atoms with Crippen molar-refractivity contribution in [2.24, 2.45) is 11.8 Å². The lowest BCUT2D eigenvalue weighted by Gasteiger charge is -2.38. The lowest BCUT2D eigenvalue weighted by Crippen LogP contribution is -2.43. The summed E-state index contributed by atoms with van der Waals surface area (Å²) in [5, 5.41) is 3.21. The molecule has 0 saturated carbocycles. The number of halogens is 2. The molecule has 1 aliphatic heterocycles. The zero-order valence-electron chi connectivity index (χ0n) is 18.8. The topological polar surface area (TPSA) is 81.7 Å². The first-order valence-electron chi connectivity index (χ1n) is 10.6. The Morgan fingerprint density at radius 3 is 2.62 bits per heavy atom. The van der Waals surface area contributed by atoms with E-state index in [1.165, 1.54) is 25.3 Å². The van der Waals surface area contributed by atoms with Crippen LogP contribution in [0.2, 0.25) is 5.02 Å². The summed E-state index contributed by atoms with van der Waals surface area (Å²) in [5.74, 6) is -4.99. The fourth-order valence-corrected chi connectivity index (χ4v) is 4.63. The monoisotopic (exact) mass is 463 g/mol. The lowest BCUT2D eigenvalue weighted by molar-refractivity contribution is -0.151. The maximum atomic E-state index is 15.1. The Labute approximate surface area is 191 Å². The fourth-order valence-electron chi connectivity index (χ4n) is 4.36. The molecule has 1 aliphatic carbocycles. The van der Waals surface area contributed by atoms with Gasteiger partial charge >= 0.3 is 11.9 Å². The Balaban J connectivity index is 2.23. The molecule has 3 rings (SSSR count). The molecule has 0 amide bonds. The molecule has 32 heavy (non-hydrogen) atoms. The van der Waals surface area contributed by atoms with Gasteiger partial charge in [-0.25, -0.2) is 9.18 Å². The Kier molecular flexibility index (Phi) is 7.08. The van der Waals surface area contributed by atoms with Gasteiger partial charge in [0.2, 0.25) is 0 Å². The number of dihydropyridines is 1. The number of carbonyl (C=O) groups is 3. The smallest absolute Gasteiger partial charge is 0.337 e. The van der Waals surface area contributed by atoms with Crippen LogP contribution in [0.15, 0.2) is 40.7 Å². The van der Waals surface area contributed by atoms with Gasteiger partial charge in [0.05, 0.1) is 24.7 Å². The summed E-state index contributed by atoms with van der Waals surface area (Å²) in [4.78, 5) is 39.2. The van der Waals surface area contributed by atoms with Crippen molar-refractivity contribution in [2.75, 3.05) is 7.11 Å². The zero-order valence-corrected chi connectivity index (χ0v) is 19.5. The van der Waals surface area contributed by atoms with Crippen LogP contribution in [0, 0.1) is 17.7 Å². The third kappa shape index (κ3) is 4.18. The molecule has 0 aromatic heterocycles. The minimum Gasteiger partial charge on any atom is -0.468 e. The lowest BCUT2D eigenvalue weighted by atomic mass is 9.69. The van der Waals surface area contributed by atoms with Crippen LogP contribution >= 0.6 is 11.6 Å². The van der Waals surface area contributed by atoms with Crippen molar-refractivity contribution in [3.63, 3.8) is 0 Å². The van der Waals surface area contributed by atoms with Crippen LogP contribution in [0.1, 0.15) is 52.0 Å². The second-order valence-corrected chi connectivity index (χ2v) is 8.70. The number of Topliss-reactive ketones (excluding diaryl/α,β-unsaturated/α-hetero) is 1. The molecule has 1 N–H and O–H groups in total. The number of hydrogen-bond donors (Lipinski definition) is 1. The summed E-state index contributed by atoms with van der Waals surface area (Å²) in [7, 11) is 1.22. The van der Waals surface area contributed by atoms with Gasteiger partial charge in [0, 0.05) is 27.6 Å². The molecular formula is C24H27ClFNO5. The van der Waals surface area contributed by atoms with Crippen molar-refractivity contribution in [1.82, 2.24) is 5.32 Å². The van der Waals surface area contributed by atoms with Crippen LogP contribution in [-0.4, -0.2) is 30.9 Å². The highest BCUT2D eigenvalue weighted by Gasteiger charge is 2.48. The van der Waals surface area contributed by atoms with Gasteiger partial charge in [0.1, 0.15) is 11.7 Å². The van der Waals surface area contributed by atoms with Crippen molar-refractivity contribution < 1.29 is 28.2 Å². The van der Waals surface area contributed by atoms with Gasteiger partial charge in [-0.2, -0.15) is 0 Å². The highest BCUT2D eigenvalue weighted by molar-refractivity contribution is 6.31. The van der Waals surface area contributed by atoms with E-state index >= 15 is 4.39 Å². The molecule has 1 heterocycles. The minimum atomic E-state index is -1.11. The van der Waals surface area contributed by atoms with Gasteiger partial charge in [-0.05, 0) is 44.7 Å². The van der Waals surface area contributed by atoms with E-state index in [9.17, 15) is 14.4 Å². The van der Waals surface area contributed by atoms with Gasteiger partial charge in [0.25, 0.3) is 0 Å². The number of allylic oxidation sites excluding steroid dienone is 3. The number of nitrogens with one attached hydrogen (secondary N) is 1. The molecule has 172 valence electrons. The van der Waals surface area contributed by atoms with E-state index in [1.807, 2.05) is 6.92 Å². The Morgan fingerprint density at radius 1 is 1.34 bits per heavy atom. The van der Waals surface area contributed by atoms with Crippen molar-refractivity contribution >= 4 is 29.3 Å². The van der Waals surface area contributed by atoms with Crippen LogP contribution in [0.3, 0.4) is 0 Å². The molecule has 6 nitrogen and oxygen atoms in total. The van der Waals surface area contributed by atoms with Crippen LogP contribution < -0.4 is 5.32 Å². The summed E-state index contributed by atoms with van der Waals surface area (Å²) >= 11 is 6.39. The predicted octanol–water partition coefficient (Wildman–Crippen LogP) is 4.43. The fraction of sp³-hybridized carbons (Fsp3) is 0.458. The third-order valence-electron chi connectivity index (χ3n) is 6.13. The summed E-state index contributed by atoms with van der Waals surface area (Å²) < 4.78 is 25.5. The normalized spacial score (nSPS) is 24.0. The minimum absolute atomic E-state index is 0.00476. The van der Waals surface area contributed by atoms with Crippen LogP contribution in [-0.2, 0) is 23.9 Å². The van der Waals surface area contributed by atoms with Crippen molar-refractivity contribution in [1.29, 1.82) is 0 Å². The molecule has 0 radical (unpaired) electrons. The largest absolute Gasteiger partial charge is 0.468 e. The molecule has 0 bridgehead atoms. The number of benzene rings is 1. The third-order valence-corrected chi connectivity index (χ3v) is 6.46. The second kappa shape index (κ2) is 9.45. The number of esters is 2. The van der Waals surface area contributed by atoms with E-state index in [0.717, 1.165) is 0 Å². The number of carbonyl (C=O) groups excluding carboxylic acids is 3. The van der Waals surface area contributed by atoms with Crippen LogP contribution in [0.25, 0.3) is 0 Å².